The summed E-state index contributed by atoms with van der Waals surface area (Å²) in [6, 6.07) is 0. The lowest BCUT2D eigenvalue weighted by molar-refractivity contribution is -0.145. The van der Waals surface area contributed by atoms with E-state index in [2.05, 4.69) is 5.32 Å². The molecule has 0 atom stereocenters. The molecule has 2 rings (SSSR count). The summed E-state index contributed by atoms with van der Waals surface area (Å²) in [7, 11) is 0. The predicted octanol–water partition coefficient (Wildman–Crippen LogP) is 1.12. The van der Waals surface area contributed by atoms with Crippen molar-refractivity contribution >= 4 is 11.9 Å². The van der Waals surface area contributed by atoms with Gasteiger partial charge in [0.05, 0.1) is 12.5 Å². The quantitative estimate of drug-likeness (QED) is 0.693. The van der Waals surface area contributed by atoms with Gasteiger partial charge in [0.25, 0.3) is 0 Å². The summed E-state index contributed by atoms with van der Waals surface area (Å²) < 4.78 is 5.16. The monoisotopic (exact) mass is 209 g/mol. The van der Waals surface area contributed by atoms with E-state index in [9.17, 15) is 9.59 Å². The van der Waals surface area contributed by atoms with E-state index in [1.54, 1.807) is 0 Å². The van der Waals surface area contributed by atoms with Crippen LogP contribution >= 0.6 is 0 Å². The number of hydrogen-bond donors (Lipinski definition) is 1. The third-order valence-electron chi connectivity index (χ3n) is 2.90. The van der Waals surface area contributed by atoms with Gasteiger partial charge in [-0.3, -0.25) is 9.59 Å². The van der Waals surface area contributed by atoms with Crippen molar-refractivity contribution in [1.82, 2.24) is 5.32 Å². The maximum atomic E-state index is 11.7. The zero-order valence-electron chi connectivity index (χ0n) is 8.62. The number of nitrogens with one attached hydrogen (secondary N) is 1. The van der Waals surface area contributed by atoms with Crippen molar-refractivity contribution in [2.24, 2.45) is 5.92 Å². The summed E-state index contributed by atoms with van der Waals surface area (Å²) in [5.74, 6) is 0.143. The van der Waals surface area contributed by atoms with Crippen LogP contribution in [0, 0.1) is 5.92 Å². The largest absolute Gasteiger partial charge is 0.429 e. The standard InChI is InChI=1S/C11H15NO3/c13-10-6-9(7-12-10)15-11(14)8-4-2-1-3-5-8/h6,8H,1-5,7H2,(H,12,13). The first-order valence-electron chi connectivity index (χ1n) is 5.46. The van der Waals surface area contributed by atoms with Gasteiger partial charge in [0, 0.05) is 6.08 Å². The molecule has 2 aliphatic rings. The van der Waals surface area contributed by atoms with Crippen molar-refractivity contribution in [2.75, 3.05) is 6.54 Å². The highest BCUT2D eigenvalue weighted by molar-refractivity contribution is 5.91. The van der Waals surface area contributed by atoms with Crippen LogP contribution in [-0.2, 0) is 14.3 Å². The normalized spacial score (nSPS) is 22.1. The van der Waals surface area contributed by atoms with Gasteiger partial charge < -0.3 is 10.1 Å². The molecule has 1 saturated carbocycles. The van der Waals surface area contributed by atoms with E-state index in [0.29, 0.717) is 12.3 Å². The molecule has 15 heavy (non-hydrogen) atoms. The summed E-state index contributed by atoms with van der Waals surface area (Å²) in [5.41, 5.74) is 0. The second-order valence-electron chi connectivity index (χ2n) is 4.08. The van der Waals surface area contributed by atoms with Crippen molar-refractivity contribution in [3.05, 3.63) is 11.8 Å². The van der Waals surface area contributed by atoms with Crippen molar-refractivity contribution < 1.29 is 14.3 Å². The summed E-state index contributed by atoms with van der Waals surface area (Å²) in [6.07, 6.45) is 6.63. The minimum Gasteiger partial charge on any atom is -0.429 e. The molecule has 1 N–H and O–H groups in total. The van der Waals surface area contributed by atoms with Crippen LogP contribution in [0.4, 0.5) is 0 Å². The number of esters is 1. The van der Waals surface area contributed by atoms with Gasteiger partial charge in [0.1, 0.15) is 5.76 Å². The second-order valence-corrected chi connectivity index (χ2v) is 4.08. The first-order valence-corrected chi connectivity index (χ1v) is 5.46. The molecule has 0 aromatic heterocycles. The molecule has 4 nitrogen and oxygen atoms in total. The number of ether oxygens (including phenoxy) is 1. The predicted molar refractivity (Wildman–Crippen MR) is 53.8 cm³/mol. The Bertz CT molecular complexity index is 303. The van der Waals surface area contributed by atoms with Gasteiger partial charge in [-0.05, 0) is 12.8 Å². The molecule has 0 radical (unpaired) electrons. The van der Waals surface area contributed by atoms with Gasteiger partial charge in [-0.15, -0.1) is 0 Å². The maximum Gasteiger partial charge on any atom is 0.314 e. The molecule has 0 aromatic carbocycles. The fourth-order valence-corrected chi connectivity index (χ4v) is 2.04. The lowest BCUT2D eigenvalue weighted by Gasteiger charge is -2.19. The zero-order chi connectivity index (χ0) is 10.7. The number of rotatable bonds is 2. The zero-order valence-corrected chi connectivity index (χ0v) is 8.62. The number of amides is 1. The van der Waals surface area contributed by atoms with Crippen molar-refractivity contribution in [2.45, 2.75) is 32.1 Å². The summed E-state index contributed by atoms with van der Waals surface area (Å²) in [4.78, 5) is 22.5. The van der Waals surface area contributed by atoms with E-state index in [0.717, 1.165) is 25.7 Å². The van der Waals surface area contributed by atoms with E-state index in [1.165, 1.54) is 12.5 Å². The van der Waals surface area contributed by atoms with E-state index in [-0.39, 0.29) is 17.8 Å². The molecule has 1 fully saturated rings. The van der Waals surface area contributed by atoms with Gasteiger partial charge in [0.15, 0.2) is 0 Å². The molecule has 0 saturated heterocycles. The van der Waals surface area contributed by atoms with Gasteiger partial charge in [-0.1, -0.05) is 19.3 Å². The van der Waals surface area contributed by atoms with E-state index >= 15 is 0 Å². The number of hydrogen-bond acceptors (Lipinski definition) is 3. The molecule has 4 heteroatoms. The maximum absolute atomic E-state index is 11.7. The molecule has 1 amide bonds. The van der Waals surface area contributed by atoms with Crippen LogP contribution in [0.5, 0.6) is 0 Å². The smallest absolute Gasteiger partial charge is 0.314 e. The minimum atomic E-state index is -0.179. The van der Waals surface area contributed by atoms with Gasteiger partial charge >= 0.3 is 5.97 Å². The summed E-state index contributed by atoms with van der Waals surface area (Å²) in [6.45, 7) is 0.345. The van der Waals surface area contributed by atoms with Gasteiger partial charge in [-0.25, -0.2) is 0 Å². The molecule has 0 unspecified atom stereocenters. The lowest BCUT2D eigenvalue weighted by atomic mass is 9.89. The van der Waals surface area contributed by atoms with Crippen LogP contribution in [0.3, 0.4) is 0 Å². The Morgan fingerprint density at radius 3 is 2.67 bits per heavy atom. The topological polar surface area (TPSA) is 55.4 Å². The van der Waals surface area contributed by atoms with E-state index in [1.807, 2.05) is 0 Å². The average Bonchev–Trinajstić information content (AvgIpc) is 2.65. The van der Waals surface area contributed by atoms with Crippen LogP contribution < -0.4 is 5.32 Å². The molecule has 0 bridgehead atoms. The SMILES string of the molecule is O=C1C=C(OC(=O)C2CCCCC2)CN1. The molecule has 82 valence electrons. The Morgan fingerprint density at radius 1 is 1.33 bits per heavy atom. The Hall–Kier alpha value is -1.32. The second kappa shape index (κ2) is 4.47. The molecular weight excluding hydrogens is 194 g/mol. The number of carbonyl (C=O) groups is 2. The third kappa shape index (κ3) is 2.58. The molecule has 1 aliphatic carbocycles. The Kier molecular flexibility index (Phi) is 3.04. The van der Waals surface area contributed by atoms with E-state index < -0.39 is 0 Å². The molecule has 0 spiro atoms. The average molecular weight is 209 g/mol. The first kappa shape index (κ1) is 10.2. The lowest BCUT2D eigenvalue weighted by Crippen LogP contribution is -2.21. The van der Waals surface area contributed by atoms with Crippen LogP contribution in [-0.4, -0.2) is 18.4 Å². The van der Waals surface area contributed by atoms with Crippen molar-refractivity contribution in [3.63, 3.8) is 0 Å². The van der Waals surface area contributed by atoms with Crippen LogP contribution in [0.15, 0.2) is 11.8 Å². The molecule has 1 heterocycles. The summed E-state index contributed by atoms with van der Waals surface area (Å²) >= 11 is 0. The molecular formula is C11H15NO3. The fraction of sp³-hybridized carbons (Fsp3) is 0.636. The molecule has 0 aromatic rings. The minimum absolute atomic E-state index is 0.0374. The first-order chi connectivity index (χ1) is 7.25. The Balaban J connectivity index is 1.86. The van der Waals surface area contributed by atoms with Crippen molar-refractivity contribution in [3.8, 4) is 0 Å². The third-order valence-corrected chi connectivity index (χ3v) is 2.90. The highest BCUT2D eigenvalue weighted by Gasteiger charge is 2.24. The van der Waals surface area contributed by atoms with E-state index in [4.69, 9.17) is 4.74 Å². The Morgan fingerprint density at radius 2 is 2.07 bits per heavy atom. The van der Waals surface area contributed by atoms with Crippen LogP contribution in [0.25, 0.3) is 0 Å². The highest BCUT2D eigenvalue weighted by atomic mass is 16.5. The van der Waals surface area contributed by atoms with Crippen molar-refractivity contribution in [1.29, 1.82) is 0 Å². The summed E-state index contributed by atoms with van der Waals surface area (Å²) in [5, 5.41) is 2.57. The van der Waals surface area contributed by atoms with Crippen LogP contribution in [0.1, 0.15) is 32.1 Å². The van der Waals surface area contributed by atoms with Gasteiger partial charge in [0.2, 0.25) is 5.91 Å². The van der Waals surface area contributed by atoms with Crippen LogP contribution in [0.2, 0.25) is 0 Å². The highest BCUT2D eigenvalue weighted by Crippen LogP contribution is 2.25. The van der Waals surface area contributed by atoms with Gasteiger partial charge in [-0.2, -0.15) is 0 Å². The molecule has 1 aliphatic heterocycles. The Labute approximate surface area is 88.7 Å². The number of carbonyl (C=O) groups excluding carboxylic acids is 2. The fourth-order valence-electron chi connectivity index (χ4n) is 2.04.